The van der Waals surface area contributed by atoms with Gasteiger partial charge in [0.25, 0.3) is 0 Å². The normalized spacial score (nSPS) is 22.4. The first-order valence-corrected chi connectivity index (χ1v) is 11.8. The van der Waals surface area contributed by atoms with Crippen LogP contribution in [0, 0.1) is 5.92 Å². The van der Waals surface area contributed by atoms with Crippen molar-refractivity contribution >= 4 is 17.1 Å². The van der Waals surface area contributed by atoms with Crippen LogP contribution >= 0.6 is 0 Å². The first-order chi connectivity index (χ1) is 15.6. The number of amides is 2. The molecule has 1 saturated carbocycles. The van der Waals surface area contributed by atoms with Crippen molar-refractivity contribution in [3.8, 4) is 0 Å². The number of aryl methyl sites for hydroxylation is 2. The third kappa shape index (κ3) is 4.06. The molecule has 3 heterocycles. The lowest BCUT2D eigenvalue weighted by Crippen LogP contribution is -2.56. The zero-order chi connectivity index (χ0) is 22.1. The highest BCUT2D eigenvalue weighted by molar-refractivity contribution is 5.75. The fraction of sp³-hybridized carbons (Fsp3) is 0.462. The molecule has 3 atom stereocenters. The van der Waals surface area contributed by atoms with Crippen molar-refractivity contribution in [2.24, 2.45) is 13.0 Å². The topological polar surface area (TPSA) is 67.5 Å². The van der Waals surface area contributed by atoms with E-state index in [-0.39, 0.29) is 17.8 Å². The summed E-state index contributed by atoms with van der Waals surface area (Å²) in [7, 11) is 1.73. The van der Waals surface area contributed by atoms with E-state index in [1.54, 1.807) is 7.05 Å². The highest BCUT2D eigenvalue weighted by atomic mass is 16.4. The van der Waals surface area contributed by atoms with E-state index in [2.05, 4.69) is 40.5 Å². The van der Waals surface area contributed by atoms with Gasteiger partial charge in [-0.15, -0.1) is 0 Å². The number of carbonyl (C=O) groups is 1. The van der Waals surface area contributed by atoms with E-state index in [1.807, 2.05) is 18.2 Å². The quantitative estimate of drug-likeness (QED) is 0.585. The number of carbonyl (C=O) groups excluding carboxylic acids is 1. The van der Waals surface area contributed by atoms with Crippen LogP contribution < -0.4 is 11.1 Å². The van der Waals surface area contributed by atoms with Crippen molar-refractivity contribution in [2.45, 2.75) is 50.5 Å². The highest BCUT2D eigenvalue weighted by Gasteiger charge is 2.42. The maximum Gasteiger partial charge on any atom is 0.419 e. The number of urea groups is 1. The number of rotatable bonds is 6. The Kier molecular flexibility index (Phi) is 5.77. The van der Waals surface area contributed by atoms with E-state index in [1.165, 1.54) is 15.7 Å². The van der Waals surface area contributed by atoms with Gasteiger partial charge in [-0.1, -0.05) is 36.4 Å². The predicted octanol–water partition coefficient (Wildman–Crippen LogP) is 4.43. The van der Waals surface area contributed by atoms with Crippen LogP contribution in [0.3, 0.4) is 0 Å². The monoisotopic (exact) mass is 433 g/mol. The number of fused-ring (bicyclic) bond motifs is 4. The van der Waals surface area contributed by atoms with Crippen LogP contribution in [0.5, 0.6) is 0 Å². The SMILES string of the molecule is Cn1c(=O)oc2cc(C3CC4CCC3CN4C(=O)NCCCCc3ccccc3)ccc21. The molecule has 3 fully saturated rings. The van der Waals surface area contributed by atoms with Crippen LogP contribution in [0.2, 0.25) is 0 Å². The summed E-state index contributed by atoms with van der Waals surface area (Å²) >= 11 is 0. The number of nitrogens with one attached hydrogen (secondary N) is 1. The number of nitrogens with zero attached hydrogens (tertiary/aromatic N) is 2. The van der Waals surface area contributed by atoms with Crippen LogP contribution in [0.15, 0.2) is 57.7 Å². The van der Waals surface area contributed by atoms with Gasteiger partial charge in [-0.05, 0) is 73.6 Å². The lowest BCUT2D eigenvalue weighted by Gasteiger charge is -2.49. The molecule has 1 aromatic heterocycles. The van der Waals surface area contributed by atoms with Gasteiger partial charge in [-0.25, -0.2) is 9.59 Å². The molecule has 2 amide bonds. The van der Waals surface area contributed by atoms with Crippen LogP contribution in [-0.2, 0) is 13.5 Å². The molecule has 2 aromatic carbocycles. The molecule has 6 rings (SSSR count). The molecule has 2 bridgehead atoms. The zero-order valence-corrected chi connectivity index (χ0v) is 18.6. The summed E-state index contributed by atoms with van der Waals surface area (Å²) in [6.07, 6.45) is 6.33. The van der Waals surface area contributed by atoms with Crippen molar-refractivity contribution < 1.29 is 9.21 Å². The first-order valence-electron chi connectivity index (χ1n) is 11.8. The van der Waals surface area contributed by atoms with Gasteiger partial charge >= 0.3 is 11.8 Å². The van der Waals surface area contributed by atoms with E-state index in [4.69, 9.17) is 4.42 Å². The average Bonchev–Trinajstić information content (AvgIpc) is 3.12. The van der Waals surface area contributed by atoms with E-state index in [0.717, 1.165) is 57.1 Å². The number of benzene rings is 2. The van der Waals surface area contributed by atoms with Gasteiger partial charge in [0.15, 0.2) is 5.58 Å². The van der Waals surface area contributed by atoms with Gasteiger partial charge in [-0.3, -0.25) is 4.57 Å². The van der Waals surface area contributed by atoms with Gasteiger partial charge in [-0.2, -0.15) is 0 Å². The fourth-order valence-corrected chi connectivity index (χ4v) is 5.55. The Morgan fingerprint density at radius 2 is 1.97 bits per heavy atom. The van der Waals surface area contributed by atoms with Crippen LogP contribution in [-0.4, -0.2) is 34.6 Å². The van der Waals surface area contributed by atoms with E-state index in [0.29, 0.717) is 17.4 Å². The predicted molar refractivity (Wildman–Crippen MR) is 125 cm³/mol. The first kappa shape index (κ1) is 20.9. The number of hydrogen-bond acceptors (Lipinski definition) is 3. The molecule has 168 valence electrons. The minimum absolute atomic E-state index is 0.0855. The third-order valence-corrected chi connectivity index (χ3v) is 7.35. The van der Waals surface area contributed by atoms with Crippen molar-refractivity contribution in [1.82, 2.24) is 14.8 Å². The molecule has 1 N–H and O–H groups in total. The van der Waals surface area contributed by atoms with Crippen molar-refractivity contribution in [1.29, 1.82) is 0 Å². The second-order valence-electron chi connectivity index (χ2n) is 9.31. The standard InChI is InChI=1S/C26H31N3O3/c1-28-23-13-11-19(15-24(23)32-26(28)31)22-16-21-12-10-20(22)17-29(21)25(30)27-14-6-5-9-18-7-3-2-4-8-18/h2-4,7-8,11,13,15,20-22H,5-6,9-10,12,14,16-17H2,1H3,(H,27,30). The molecule has 0 radical (unpaired) electrons. The molecule has 6 heteroatoms. The average molecular weight is 434 g/mol. The van der Waals surface area contributed by atoms with Crippen LogP contribution in [0.25, 0.3) is 11.1 Å². The Hall–Kier alpha value is -3.02. The Bertz CT molecular complexity index is 1150. The summed E-state index contributed by atoms with van der Waals surface area (Å²) < 4.78 is 6.93. The third-order valence-electron chi connectivity index (χ3n) is 7.35. The maximum absolute atomic E-state index is 12.8. The molecule has 3 aromatic rings. The molecule has 6 nitrogen and oxygen atoms in total. The highest BCUT2D eigenvalue weighted by Crippen LogP contribution is 2.45. The number of unbranched alkanes of at least 4 members (excludes halogenated alkanes) is 1. The molecular formula is C26H31N3O3. The van der Waals surface area contributed by atoms with Gasteiger partial charge < -0.3 is 14.6 Å². The fourth-order valence-electron chi connectivity index (χ4n) is 5.55. The molecule has 2 saturated heterocycles. The zero-order valence-electron chi connectivity index (χ0n) is 18.6. The van der Waals surface area contributed by atoms with Crippen LogP contribution in [0.4, 0.5) is 4.79 Å². The van der Waals surface area contributed by atoms with Crippen molar-refractivity contribution in [3.05, 3.63) is 70.2 Å². The smallest absolute Gasteiger partial charge is 0.408 e. The number of hydrogen-bond donors (Lipinski definition) is 1. The molecular weight excluding hydrogens is 402 g/mol. The lowest BCUT2D eigenvalue weighted by atomic mass is 9.69. The van der Waals surface area contributed by atoms with Crippen molar-refractivity contribution in [3.63, 3.8) is 0 Å². The lowest BCUT2D eigenvalue weighted by molar-refractivity contribution is 0.0581. The van der Waals surface area contributed by atoms with Crippen LogP contribution in [0.1, 0.15) is 49.1 Å². The Morgan fingerprint density at radius 3 is 2.75 bits per heavy atom. The molecule has 2 aliphatic heterocycles. The largest absolute Gasteiger partial charge is 0.419 e. The Labute approximate surface area is 188 Å². The van der Waals surface area contributed by atoms with E-state index >= 15 is 0 Å². The molecule has 3 unspecified atom stereocenters. The summed E-state index contributed by atoms with van der Waals surface area (Å²) in [5.74, 6) is 0.546. The van der Waals surface area contributed by atoms with E-state index in [9.17, 15) is 9.59 Å². The summed E-state index contributed by atoms with van der Waals surface area (Å²) in [4.78, 5) is 26.7. The second-order valence-corrected chi connectivity index (χ2v) is 9.31. The van der Waals surface area contributed by atoms with Gasteiger partial charge in [0, 0.05) is 26.2 Å². The second kappa shape index (κ2) is 8.85. The molecule has 0 spiro atoms. The summed E-state index contributed by atoms with van der Waals surface area (Å²) in [6.45, 7) is 1.54. The van der Waals surface area contributed by atoms with Gasteiger partial charge in [0.1, 0.15) is 0 Å². The summed E-state index contributed by atoms with van der Waals surface area (Å²) in [5, 5.41) is 3.15. The number of piperidine rings is 2. The minimum Gasteiger partial charge on any atom is -0.408 e. The number of oxazole rings is 1. The maximum atomic E-state index is 12.8. The number of aromatic nitrogens is 1. The van der Waals surface area contributed by atoms with E-state index < -0.39 is 0 Å². The molecule has 1 aliphatic carbocycles. The van der Waals surface area contributed by atoms with Crippen molar-refractivity contribution in [2.75, 3.05) is 13.1 Å². The minimum atomic E-state index is -0.325. The Balaban J connectivity index is 1.15. The Morgan fingerprint density at radius 1 is 1.12 bits per heavy atom. The molecule has 32 heavy (non-hydrogen) atoms. The van der Waals surface area contributed by atoms with Gasteiger partial charge in [0.05, 0.1) is 5.52 Å². The summed E-state index contributed by atoms with van der Waals surface area (Å²) in [5.41, 5.74) is 4.06. The molecule has 3 aliphatic rings. The summed E-state index contributed by atoms with van der Waals surface area (Å²) in [6, 6.07) is 17.0. The van der Waals surface area contributed by atoms with Gasteiger partial charge in [0.2, 0.25) is 0 Å².